The Morgan fingerprint density at radius 1 is 1.47 bits per heavy atom. The van der Waals surface area contributed by atoms with Crippen LogP contribution < -0.4 is 4.74 Å². The van der Waals surface area contributed by atoms with E-state index in [9.17, 15) is 5.11 Å². The minimum Gasteiger partial charge on any atom is -0.493 e. The lowest BCUT2D eigenvalue weighted by molar-refractivity contribution is 0.198. The Labute approximate surface area is 128 Å². The van der Waals surface area contributed by atoms with Crippen LogP contribution in [0.5, 0.6) is 5.75 Å². The lowest BCUT2D eigenvalue weighted by atomic mass is 10.0. The van der Waals surface area contributed by atoms with Gasteiger partial charge in [-0.2, -0.15) is 11.8 Å². The van der Waals surface area contributed by atoms with Crippen LogP contribution in [0.3, 0.4) is 0 Å². The number of rotatable bonds is 6. The Balaban J connectivity index is 1.99. The van der Waals surface area contributed by atoms with Crippen LogP contribution >= 0.6 is 27.7 Å². The van der Waals surface area contributed by atoms with E-state index in [4.69, 9.17) is 4.74 Å². The molecule has 1 heterocycles. The fraction of sp³-hybridized carbons (Fsp3) is 0.600. The average Bonchev–Trinajstić information content (AvgIpc) is 2.84. The molecule has 0 saturated heterocycles. The predicted octanol–water partition coefficient (Wildman–Crippen LogP) is 3.82. The van der Waals surface area contributed by atoms with Gasteiger partial charge in [0.2, 0.25) is 0 Å². The highest BCUT2D eigenvalue weighted by Gasteiger charge is 2.19. The fourth-order valence-electron chi connectivity index (χ4n) is 2.20. The monoisotopic (exact) mass is 344 g/mol. The van der Waals surface area contributed by atoms with Gasteiger partial charge in [0, 0.05) is 28.3 Å². The molecule has 1 N–H and O–H groups in total. The van der Waals surface area contributed by atoms with Crippen molar-refractivity contribution < 1.29 is 9.84 Å². The van der Waals surface area contributed by atoms with Crippen molar-refractivity contribution in [1.82, 2.24) is 0 Å². The molecule has 1 aromatic carbocycles. The summed E-state index contributed by atoms with van der Waals surface area (Å²) >= 11 is 5.38. The van der Waals surface area contributed by atoms with Crippen molar-refractivity contribution in [2.24, 2.45) is 0 Å². The van der Waals surface area contributed by atoms with Crippen molar-refractivity contribution in [1.29, 1.82) is 0 Å². The maximum Gasteiger partial charge on any atom is 0.125 e. The van der Waals surface area contributed by atoms with E-state index in [1.807, 2.05) is 11.8 Å². The van der Waals surface area contributed by atoms with E-state index in [1.54, 1.807) is 0 Å². The van der Waals surface area contributed by atoms with Gasteiger partial charge in [0.05, 0.1) is 12.7 Å². The number of hydrogen-bond donors (Lipinski definition) is 1. The van der Waals surface area contributed by atoms with Gasteiger partial charge in [-0.3, -0.25) is 0 Å². The van der Waals surface area contributed by atoms with Gasteiger partial charge in [-0.15, -0.1) is 0 Å². The topological polar surface area (TPSA) is 29.5 Å². The number of fused-ring (bicyclic) bond motifs is 1. The molecule has 2 atom stereocenters. The number of benzene rings is 1. The molecule has 2 rings (SSSR count). The van der Waals surface area contributed by atoms with Crippen LogP contribution in [0.25, 0.3) is 0 Å². The van der Waals surface area contributed by atoms with E-state index in [1.165, 1.54) is 5.56 Å². The molecule has 0 fully saturated rings. The lowest BCUT2D eigenvalue weighted by Gasteiger charge is -2.15. The summed E-state index contributed by atoms with van der Waals surface area (Å²) in [5.41, 5.74) is 2.38. The Hall–Kier alpha value is -0.190. The van der Waals surface area contributed by atoms with E-state index < -0.39 is 0 Å². The summed E-state index contributed by atoms with van der Waals surface area (Å²) in [5.74, 6) is 1.78. The fourth-order valence-corrected chi connectivity index (χ4v) is 3.66. The summed E-state index contributed by atoms with van der Waals surface area (Å²) in [6.07, 6.45) is 2.49. The zero-order valence-electron chi connectivity index (χ0n) is 11.5. The Kier molecular flexibility index (Phi) is 5.60. The first kappa shape index (κ1) is 15.2. The second-order valence-corrected chi connectivity index (χ2v) is 7.45. The van der Waals surface area contributed by atoms with Gasteiger partial charge in [-0.25, -0.2) is 0 Å². The Morgan fingerprint density at radius 3 is 3.00 bits per heavy atom. The van der Waals surface area contributed by atoms with E-state index in [0.717, 1.165) is 41.0 Å². The maximum absolute atomic E-state index is 10.2. The Morgan fingerprint density at radius 2 is 2.26 bits per heavy atom. The third-order valence-corrected chi connectivity index (χ3v) is 5.37. The third-order valence-electron chi connectivity index (χ3n) is 3.43. The summed E-state index contributed by atoms with van der Waals surface area (Å²) in [4.78, 5) is 0. The van der Waals surface area contributed by atoms with Crippen molar-refractivity contribution in [3.63, 3.8) is 0 Å². The molecule has 1 aliphatic rings. The van der Waals surface area contributed by atoms with Crippen molar-refractivity contribution in [2.75, 3.05) is 12.4 Å². The van der Waals surface area contributed by atoms with Crippen molar-refractivity contribution in [2.45, 2.75) is 44.5 Å². The van der Waals surface area contributed by atoms with Crippen molar-refractivity contribution >= 4 is 27.7 Å². The predicted molar refractivity (Wildman–Crippen MR) is 85.3 cm³/mol. The molecule has 0 spiro atoms. The minimum atomic E-state index is -0.304. The van der Waals surface area contributed by atoms with Gasteiger partial charge in [-0.1, -0.05) is 29.8 Å². The largest absolute Gasteiger partial charge is 0.493 e. The average molecular weight is 345 g/mol. The highest BCUT2D eigenvalue weighted by atomic mass is 79.9. The number of aliphatic hydroxyl groups is 1. The van der Waals surface area contributed by atoms with Crippen LogP contribution in [-0.2, 0) is 12.8 Å². The third kappa shape index (κ3) is 4.14. The summed E-state index contributed by atoms with van der Waals surface area (Å²) in [5, 5.41) is 10.8. The van der Waals surface area contributed by atoms with E-state index in [2.05, 4.69) is 41.9 Å². The molecule has 0 radical (unpaired) electrons. The van der Waals surface area contributed by atoms with Gasteiger partial charge in [0.15, 0.2) is 0 Å². The highest BCUT2D eigenvalue weighted by Crippen LogP contribution is 2.34. The van der Waals surface area contributed by atoms with E-state index >= 15 is 0 Å². The molecular weight excluding hydrogens is 324 g/mol. The molecule has 2 unspecified atom stereocenters. The smallest absolute Gasteiger partial charge is 0.125 e. The number of halogens is 1. The lowest BCUT2D eigenvalue weighted by Crippen LogP contribution is -2.16. The van der Waals surface area contributed by atoms with Gasteiger partial charge in [0.25, 0.3) is 0 Å². The van der Waals surface area contributed by atoms with Crippen molar-refractivity contribution in [3.05, 3.63) is 27.7 Å². The first-order valence-corrected chi connectivity index (χ1v) is 8.68. The van der Waals surface area contributed by atoms with Crippen LogP contribution in [0.15, 0.2) is 16.6 Å². The second kappa shape index (κ2) is 7.00. The van der Waals surface area contributed by atoms with Crippen LogP contribution in [0, 0.1) is 0 Å². The highest BCUT2D eigenvalue weighted by molar-refractivity contribution is 9.10. The molecule has 19 heavy (non-hydrogen) atoms. The van der Waals surface area contributed by atoms with Crippen LogP contribution in [-0.4, -0.2) is 28.8 Å². The Bertz CT molecular complexity index is 436. The normalized spacial score (nSPS) is 16.8. The quantitative estimate of drug-likeness (QED) is 0.850. The number of thioether (sulfide) groups is 1. The van der Waals surface area contributed by atoms with Crippen LogP contribution in [0.2, 0.25) is 0 Å². The minimum absolute atomic E-state index is 0.304. The SMILES string of the molecule is CCC(C)SCC(O)Cc1cc(Br)cc2c1OCC2. The summed E-state index contributed by atoms with van der Waals surface area (Å²) < 4.78 is 6.77. The number of hydrogen-bond acceptors (Lipinski definition) is 3. The van der Waals surface area contributed by atoms with Gasteiger partial charge >= 0.3 is 0 Å². The molecule has 0 amide bonds. The zero-order valence-corrected chi connectivity index (χ0v) is 13.9. The van der Waals surface area contributed by atoms with Gasteiger partial charge < -0.3 is 9.84 Å². The first-order chi connectivity index (χ1) is 9.10. The summed E-state index contributed by atoms with van der Waals surface area (Å²) in [6, 6.07) is 4.19. The molecule has 106 valence electrons. The van der Waals surface area contributed by atoms with Crippen LogP contribution in [0.4, 0.5) is 0 Å². The molecule has 1 aliphatic heterocycles. The van der Waals surface area contributed by atoms with Crippen LogP contribution in [0.1, 0.15) is 31.4 Å². The van der Waals surface area contributed by atoms with Gasteiger partial charge in [0.1, 0.15) is 5.75 Å². The number of aliphatic hydroxyl groups excluding tert-OH is 1. The molecule has 0 saturated carbocycles. The second-order valence-electron chi connectivity index (χ2n) is 5.06. The zero-order chi connectivity index (χ0) is 13.8. The first-order valence-electron chi connectivity index (χ1n) is 6.84. The van der Waals surface area contributed by atoms with Crippen molar-refractivity contribution in [3.8, 4) is 5.75 Å². The number of ether oxygens (including phenoxy) is 1. The molecule has 4 heteroatoms. The molecular formula is C15H21BrO2S. The molecule has 2 nitrogen and oxygen atoms in total. The standard InChI is InChI=1S/C15H21BrO2S/c1-3-10(2)19-9-14(17)8-12-7-13(16)6-11-4-5-18-15(11)12/h6-7,10,14,17H,3-5,8-9H2,1-2H3. The summed E-state index contributed by atoms with van der Waals surface area (Å²) in [6.45, 7) is 5.15. The van der Waals surface area contributed by atoms with E-state index in [-0.39, 0.29) is 6.10 Å². The van der Waals surface area contributed by atoms with E-state index in [0.29, 0.717) is 11.7 Å². The molecule has 0 bridgehead atoms. The molecule has 0 aliphatic carbocycles. The molecule has 0 aromatic heterocycles. The maximum atomic E-state index is 10.2. The molecule has 1 aromatic rings. The summed E-state index contributed by atoms with van der Waals surface area (Å²) in [7, 11) is 0. The van der Waals surface area contributed by atoms with Gasteiger partial charge in [-0.05, 0) is 29.7 Å².